The Balaban J connectivity index is 1.65. The Kier molecular flexibility index (Phi) is 4.44. The lowest BCUT2D eigenvalue weighted by molar-refractivity contribution is -0.116. The van der Waals surface area contributed by atoms with E-state index in [9.17, 15) is 9.59 Å². The van der Waals surface area contributed by atoms with Crippen molar-refractivity contribution < 1.29 is 14.3 Å². The molecule has 0 fully saturated rings. The van der Waals surface area contributed by atoms with Crippen molar-refractivity contribution in [2.24, 2.45) is 0 Å². The van der Waals surface area contributed by atoms with Gasteiger partial charge in [-0.1, -0.05) is 66.2 Å². The molecule has 1 atom stereocenters. The molecule has 3 aromatic rings. The molecule has 148 valence electrons. The highest BCUT2D eigenvalue weighted by atomic mass is 35.5. The summed E-state index contributed by atoms with van der Waals surface area (Å²) in [6.45, 7) is 0.0632. The van der Waals surface area contributed by atoms with Gasteiger partial charge in [-0.3, -0.25) is 9.69 Å². The number of ether oxygens (including phenoxy) is 1. The quantitative estimate of drug-likeness (QED) is 0.556. The van der Waals surface area contributed by atoms with E-state index in [-0.39, 0.29) is 12.5 Å². The Morgan fingerprint density at radius 1 is 1.00 bits per heavy atom. The fourth-order valence-corrected chi connectivity index (χ4v) is 4.58. The van der Waals surface area contributed by atoms with Crippen LogP contribution in [0.2, 0.25) is 5.02 Å². The summed E-state index contributed by atoms with van der Waals surface area (Å²) < 4.78 is 5.85. The summed E-state index contributed by atoms with van der Waals surface area (Å²) in [5, 5.41) is 0.567. The van der Waals surface area contributed by atoms with Crippen molar-refractivity contribution in [3.8, 4) is 0 Å². The number of hydrogen-bond acceptors (Lipinski definition) is 3. The Bertz CT molecular complexity index is 1170. The van der Waals surface area contributed by atoms with Crippen molar-refractivity contribution in [1.29, 1.82) is 0 Å². The van der Waals surface area contributed by atoms with E-state index in [1.807, 2.05) is 54.6 Å². The van der Waals surface area contributed by atoms with Gasteiger partial charge in [-0.25, -0.2) is 4.79 Å². The van der Waals surface area contributed by atoms with Gasteiger partial charge in [0.05, 0.1) is 16.7 Å². The summed E-state index contributed by atoms with van der Waals surface area (Å²) >= 11 is 6.36. The average molecular weight is 416 g/mol. The van der Waals surface area contributed by atoms with Crippen molar-refractivity contribution in [3.05, 3.63) is 112 Å². The maximum Gasteiger partial charge on any atom is 0.338 e. The van der Waals surface area contributed by atoms with Crippen molar-refractivity contribution in [3.63, 3.8) is 0 Å². The number of hydrogen-bond donors (Lipinski definition) is 0. The maximum atomic E-state index is 12.8. The van der Waals surface area contributed by atoms with Crippen LogP contribution in [0.5, 0.6) is 0 Å². The van der Waals surface area contributed by atoms with E-state index < -0.39 is 11.4 Å². The van der Waals surface area contributed by atoms with Gasteiger partial charge in [0.1, 0.15) is 6.61 Å². The number of fused-ring (bicyclic) bond motifs is 3. The van der Waals surface area contributed by atoms with E-state index in [2.05, 4.69) is 0 Å². The average Bonchev–Trinajstić information content (AvgIpc) is 3.29. The molecule has 5 heteroatoms. The van der Waals surface area contributed by atoms with Gasteiger partial charge in [0.2, 0.25) is 5.91 Å². The van der Waals surface area contributed by atoms with Gasteiger partial charge >= 0.3 is 5.97 Å². The lowest BCUT2D eigenvalue weighted by Gasteiger charge is -2.32. The molecule has 0 spiro atoms. The summed E-state index contributed by atoms with van der Waals surface area (Å²) in [7, 11) is 0. The molecule has 3 aromatic carbocycles. The van der Waals surface area contributed by atoms with Gasteiger partial charge in [0, 0.05) is 17.1 Å². The molecular formula is C25H18ClNO3. The zero-order valence-electron chi connectivity index (χ0n) is 16.0. The fraction of sp³-hybridized carbons (Fsp3) is 0.120. The molecule has 0 aliphatic carbocycles. The van der Waals surface area contributed by atoms with Gasteiger partial charge in [-0.15, -0.1) is 0 Å². The molecule has 5 rings (SSSR count). The number of amides is 1. The Morgan fingerprint density at radius 3 is 2.43 bits per heavy atom. The van der Waals surface area contributed by atoms with Crippen LogP contribution in [-0.2, 0) is 14.9 Å². The predicted octanol–water partition coefficient (Wildman–Crippen LogP) is 5.12. The van der Waals surface area contributed by atoms with E-state index in [1.54, 1.807) is 35.2 Å². The number of rotatable bonds is 4. The molecule has 2 aliphatic rings. The highest BCUT2D eigenvalue weighted by Crippen LogP contribution is 2.54. The first kappa shape index (κ1) is 18.6. The molecule has 2 aliphatic heterocycles. The first-order valence-corrected chi connectivity index (χ1v) is 10.1. The minimum atomic E-state index is -0.807. The lowest BCUT2D eigenvalue weighted by atomic mass is 9.74. The summed E-state index contributed by atoms with van der Waals surface area (Å²) in [4.78, 5) is 27.2. The van der Waals surface area contributed by atoms with E-state index in [0.29, 0.717) is 17.0 Å². The molecule has 0 aromatic heterocycles. The predicted molar refractivity (Wildman–Crippen MR) is 116 cm³/mol. The first-order valence-electron chi connectivity index (χ1n) is 9.72. The molecule has 1 amide bonds. The zero-order chi connectivity index (χ0) is 20.7. The summed E-state index contributed by atoms with van der Waals surface area (Å²) in [5.74, 6) is -0.404. The van der Waals surface area contributed by atoms with Gasteiger partial charge in [-0.2, -0.15) is 0 Å². The van der Waals surface area contributed by atoms with Crippen LogP contribution in [0, 0.1) is 0 Å². The third-order valence-electron chi connectivity index (χ3n) is 5.75. The van der Waals surface area contributed by atoms with Gasteiger partial charge < -0.3 is 4.74 Å². The second kappa shape index (κ2) is 7.15. The highest BCUT2D eigenvalue weighted by Gasteiger charge is 2.53. The Morgan fingerprint density at radius 2 is 1.70 bits per heavy atom. The molecule has 2 heterocycles. The second-order valence-electron chi connectivity index (χ2n) is 7.40. The van der Waals surface area contributed by atoms with Crippen molar-refractivity contribution >= 4 is 29.2 Å². The van der Waals surface area contributed by atoms with Crippen LogP contribution in [0.1, 0.15) is 27.9 Å². The number of carbonyl (C=O) groups excluding carboxylic acids is 2. The number of esters is 1. The van der Waals surface area contributed by atoms with Crippen LogP contribution in [0.25, 0.3) is 0 Å². The molecule has 0 N–H and O–H groups in total. The van der Waals surface area contributed by atoms with Crippen molar-refractivity contribution in [2.75, 3.05) is 11.5 Å². The lowest BCUT2D eigenvalue weighted by Crippen LogP contribution is -2.37. The summed E-state index contributed by atoms with van der Waals surface area (Å²) in [6.07, 6.45) is 2.25. The molecular weight excluding hydrogens is 398 g/mol. The molecule has 0 unspecified atom stereocenters. The van der Waals surface area contributed by atoms with Gasteiger partial charge in [0.25, 0.3) is 0 Å². The number of halogens is 1. The highest BCUT2D eigenvalue weighted by molar-refractivity contribution is 6.31. The Labute approximate surface area is 179 Å². The van der Waals surface area contributed by atoms with Crippen molar-refractivity contribution in [1.82, 2.24) is 0 Å². The van der Waals surface area contributed by atoms with Crippen LogP contribution >= 0.6 is 11.6 Å². The standard InChI is InChI=1S/C25H18ClNO3/c26-19-11-12-21-20(15-19)25(18-9-5-2-6-10-18,22-13-14-23(28)27(21)22)16-30-24(29)17-7-3-1-4-8-17/h1-13,15H,14,16H2/t25-/m0/s1. The van der Waals surface area contributed by atoms with Crippen LogP contribution < -0.4 is 4.90 Å². The van der Waals surface area contributed by atoms with E-state index >= 15 is 0 Å². The number of carbonyl (C=O) groups is 2. The molecule has 0 bridgehead atoms. The third-order valence-corrected chi connectivity index (χ3v) is 5.99. The third kappa shape index (κ3) is 2.76. The van der Waals surface area contributed by atoms with Crippen LogP contribution in [-0.4, -0.2) is 18.5 Å². The SMILES string of the molecule is O=C(OC[C@@]1(c2ccccc2)C2=CCC(=O)N2c2ccc(Cl)cc21)c1ccccc1. The second-order valence-corrected chi connectivity index (χ2v) is 7.83. The number of anilines is 1. The van der Waals surface area contributed by atoms with E-state index in [0.717, 1.165) is 22.5 Å². The minimum Gasteiger partial charge on any atom is -0.460 e. The molecule has 0 radical (unpaired) electrons. The maximum absolute atomic E-state index is 12.8. The Hall–Kier alpha value is -3.37. The fourth-order valence-electron chi connectivity index (χ4n) is 4.41. The molecule has 0 saturated heterocycles. The number of nitrogens with zero attached hydrogens (tertiary/aromatic N) is 1. The zero-order valence-corrected chi connectivity index (χ0v) is 16.8. The molecule has 0 saturated carbocycles. The van der Waals surface area contributed by atoms with Crippen LogP contribution in [0.3, 0.4) is 0 Å². The number of benzene rings is 3. The topological polar surface area (TPSA) is 46.6 Å². The van der Waals surface area contributed by atoms with Crippen LogP contribution in [0.15, 0.2) is 90.6 Å². The van der Waals surface area contributed by atoms with Crippen molar-refractivity contribution in [2.45, 2.75) is 11.8 Å². The normalized spacial score (nSPS) is 19.3. The largest absolute Gasteiger partial charge is 0.460 e. The van der Waals surface area contributed by atoms with Crippen LogP contribution in [0.4, 0.5) is 5.69 Å². The smallest absolute Gasteiger partial charge is 0.338 e. The minimum absolute atomic E-state index is 0.000708. The van der Waals surface area contributed by atoms with Gasteiger partial charge in [0.15, 0.2) is 0 Å². The first-order chi connectivity index (χ1) is 14.6. The van der Waals surface area contributed by atoms with E-state index in [1.165, 1.54) is 0 Å². The molecule has 4 nitrogen and oxygen atoms in total. The monoisotopic (exact) mass is 415 g/mol. The van der Waals surface area contributed by atoms with E-state index in [4.69, 9.17) is 16.3 Å². The summed E-state index contributed by atoms with van der Waals surface area (Å²) in [6, 6.07) is 24.2. The van der Waals surface area contributed by atoms with Gasteiger partial charge in [-0.05, 0) is 41.5 Å². The summed E-state index contributed by atoms with van der Waals surface area (Å²) in [5.41, 5.74) is 3.08. The molecule has 30 heavy (non-hydrogen) atoms.